The summed E-state index contributed by atoms with van der Waals surface area (Å²) in [7, 11) is 0. The van der Waals surface area contributed by atoms with Crippen molar-refractivity contribution in [3.05, 3.63) is 46.1 Å². The molecule has 0 fully saturated rings. The summed E-state index contributed by atoms with van der Waals surface area (Å²) in [4.78, 5) is 9.88. The van der Waals surface area contributed by atoms with Gasteiger partial charge in [0.15, 0.2) is 0 Å². The van der Waals surface area contributed by atoms with Crippen molar-refractivity contribution in [3.8, 4) is 0 Å². The molecule has 3 heterocycles. The summed E-state index contributed by atoms with van der Waals surface area (Å²) in [5, 5.41) is 2.06. The molecule has 0 unspecified atom stereocenters. The zero-order valence-electron chi connectivity index (χ0n) is 8.80. The van der Waals surface area contributed by atoms with Crippen LogP contribution in [-0.4, -0.2) is 9.97 Å². The van der Waals surface area contributed by atoms with E-state index in [0.29, 0.717) is 5.71 Å². The van der Waals surface area contributed by atoms with Crippen molar-refractivity contribution in [3.63, 3.8) is 0 Å². The van der Waals surface area contributed by atoms with Gasteiger partial charge in [0.2, 0.25) is 11.6 Å². The van der Waals surface area contributed by atoms with Crippen LogP contribution in [0.3, 0.4) is 0 Å². The van der Waals surface area contributed by atoms with Crippen molar-refractivity contribution < 1.29 is 4.42 Å². The number of hydrogen-bond acceptors (Lipinski definition) is 4. The first-order chi connectivity index (χ1) is 7.83. The van der Waals surface area contributed by atoms with E-state index >= 15 is 0 Å². The topological polar surface area (TPSA) is 38.9 Å². The zero-order valence-corrected chi connectivity index (χ0v) is 9.62. The fraction of sp³-hybridized carbons (Fsp3) is 0.167. The number of nitrogens with zero attached hydrogens (tertiary/aromatic N) is 2. The summed E-state index contributed by atoms with van der Waals surface area (Å²) in [6.45, 7) is 2.02. The molecule has 3 aromatic rings. The van der Waals surface area contributed by atoms with Crippen LogP contribution in [0.2, 0.25) is 0 Å². The highest BCUT2D eigenvalue weighted by Crippen LogP contribution is 2.20. The fourth-order valence-corrected chi connectivity index (χ4v) is 2.33. The van der Waals surface area contributed by atoms with Crippen molar-refractivity contribution >= 4 is 22.6 Å². The summed E-state index contributed by atoms with van der Waals surface area (Å²) in [5.41, 5.74) is 2.60. The van der Waals surface area contributed by atoms with Crippen LogP contribution in [0.4, 0.5) is 0 Å². The molecule has 0 N–H and O–H groups in total. The molecular formula is C12H10N2OS. The van der Waals surface area contributed by atoms with Crippen LogP contribution in [0.15, 0.2) is 34.2 Å². The van der Waals surface area contributed by atoms with Crippen LogP contribution in [0.5, 0.6) is 0 Å². The Labute approximate surface area is 96.8 Å². The van der Waals surface area contributed by atoms with Gasteiger partial charge in [0.1, 0.15) is 5.52 Å². The number of rotatable bonds is 2. The van der Waals surface area contributed by atoms with E-state index in [1.165, 1.54) is 4.88 Å². The molecule has 0 radical (unpaired) electrons. The molecule has 3 aromatic heterocycles. The second kappa shape index (κ2) is 3.72. The first-order valence-electron chi connectivity index (χ1n) is 5.06. The van der Waals surface area contributed by atoms with Crippen molar-refractivity contribution in [1.29, 1.82) is 0 Å². The van der Waals surface area contributed by atoms with E-state index in [1.807, 2.05) is 19.1 Å². The van der Waals surface area contributed by atoms with Crippen LogP contribution in [0.1, 0.15) is 16.3 Å². The van der Waals surface area contributed by atoms with E-state index in [9.17, 15) is 0 Å². The standard InChI is InChI=1S/C12H10N2OS/c1-8-4-5-13-12-11(8)14-10(15-12)7-9-3-2-6-16-9/h2-6H,7H2,1H3. The Kier molecular flexibility index (Phi) is 2.22. The zero-order chi connectivity index (χ0) is 11.0. The molecule has 0 amide bonds. The molecule has 0 aliphatic carbocycles. The number of aryl methyl sites for hydroxylation is 1. The maximum atomic E-state index is 5.61. The van der Waals surface area contributed by atoms with Gasteiger partial charge >= 0.3 is 0 Å². The van der Waals surface area contributed by atoms with Crippen molar-refractivity contribution in [2.24, 2.45) is 0 Å². The van der Waals surface area contributed by atoms with E-state index in [4.69, 9.17) is 4.42 Å². The fourth-order valence-electron chi connectivity index (χ4n) is 1.63. The molecule has 0 aliphatic rings. The predicted octanol–water partition coefficient (Wildman–Crippen LogP) is 3.18. The van der Waals surface area contributed by atoms with Crippen molar-refractivity contribution in [1.82, 2.24) is 9.97 Å². The van der Waals surface area contributed by atoms with Crippen LogP contribution in [0.25, 0.3) is 11.2 Å². The maximum absolute atomic E-state index is 5.61. The summed E-state index contributed by atoms with van der Waals surface area (Å²) >= 11 is 1.71. The Bertz CT molecular complexity index is 613. The van der Waals surface area contributed by atoms with Gasteiger partial charge in [-0.1, -0.05) is 6.07 Å². The van der Waals surface area contributed by atoms with Gasteiger partial charge in [-0.2, -0.15) is 0 Å². The molecule has 0 aliphatic heterocycles. The van der Waals surface area contributed by atoms with E-state index in [2.05, 4.69) is 21.4 Å². The lowest BCUT2D eigenvalue weighted by atomic mass is 10.3. The average Bonchev–Trinajstić information content (AvgIpc) is 2.88. The lowest BCUT2D eigenvalue weighted by Gasteiger charge is -1.88. The van der Waals surface area contributed by atoms with Gasteiger partial charge in [0, 0.05) is 11.1 Å². The molecule has 0 saturated heterocycles. The molecule has 3 nitrogen and oxygen atoms in total. The number of oxazole rings is 1. The molecule has 0 aromatic carbocycles. The molecule has 3 rings (SSSR count). The average molecular weight is 230 g/mol. The van der Waals surface area contributed by atoms with Crippen LogP contribution >= 0.6 is 11.3 Å². The second-order valence-corrected chi connectivity index (χ2v) is 4.68. The first-order valence-corrected chi connectivity index (χ1v) is 5.94. The minimum atomic E-state index is 0.631. The van der Waals surface area contributed by atoms with Crippen LogP contribution in [-0.2, 0) is 6.42 Å². The molecule has 4 heteroatoms. The lowest BCUT2D eigenvalue weighted by molar-refractivity contribution is 0.536. The van der Waals surface area contributed by atoms with Crippen LogP contribution < -0.4 is 0 Å². The van der Waals surface area contributed by atoms with Gasteiger partial charge < -0.3 is 4.42 Å². The van der Waals surface area contributed by atoms with E-state index in [-0.39, 0.29) is 0 Å². The van der Waals surface area contributed by atoms with Crippen molar-refractivity contribution in [2.45, 2.75) is 13.3 Å². The van der Waals surface area contributed by atoms with E-state index < -0.39 is 0 Å². The van der Waals surface area contributed by atoms with Gasteiger partial charge in [-0.15, -0.1) is 11.3 Å². The monoisotopic (exact) mass is 230 g/mol. The normalized spacial score (nSPS) is 11.1. The van der Waals surface area contributed by atoms with Crippen LogP contribution in [0, 0.1) is 6.92 Å². The Morgan fingerprint density at radius 3 is 3.06 bits per heavy atom. The second-order valence-electron chi connectivity index (χ2n) is 3.65. The van der Waals surface area contributed by atoms with Gasteiger partial charge in [-0.05, 0) is 30.0 Å². The quantitative estimate of drug-likeness (QED) is 0.678. The number of aromatic nitrogens is 2. The number of pyridine rings is 1. The van der Waals surface area contributed by atoms with Gasteiger partial charge in [0.05, 0.1) is 6.42 Å². The first kappa shape index (κ1) is 9.54. The molecule has 80 valence electrons. The Morgan fingerprint density at radius 1 is 1.38 bits per heavy atom. The Balaban J connectivity index is 2.02. The third kappa shape index (κ3) is 1.61. The summed E-state index contributed by atoms with van der Waals surface area (Å²) in [6.07, 6.45) is 2.49. The SMILES string of the molecule is Cc1ccnc2oc(Cc3cccs3)nc12. The maximum Gasteiger partial charge on any atom is 0.247 e. The summed E-state index contributed by atoms with van der Waals surface area (Å²) in [5.74, 6) is 0.735. The summed E-state index contributed by atoms with van der Waals surface area (Å²) < 4.78 is 5.61. The highest BCUT2D eigenvalue weighted by atomic mass is 32.1. The molecule has 16 heavy (non-hydrogen) atoms. The molecule has 0 bridgehead atoms. The molecular weight excluding hydrogens is 220 g/mol. The lowest BCUT2D eigenvalue weighted by Crippen LogP contribution is -1.83. The van der Waals surface area contributed by atoms with Crippen molar-refractivity contribution in [2.75, 3.05) is 0 Å². The molecule has 0 atom stereocenters. The highest BCUT2D eigenvalue weighted by Gasteiger charge is 2.09. The number of thiophene rings is 1. The largest absolute Gasteiger partial charge is 0.422 e. The predicted molar refractivity (Wildman–Crippen MR) is 63.7 cm³/mol. The summed E-state index contributed by atoms with van der Waals surface area (Å²) in [6, 6.07) is 6.06. The van der Waals surface area contributed by atoms with E-state index in [1.54, 1.807) is 17.5 Å². The minimum Gasteiger partial charge on any atom is -0.422 e. The highest BCUT2D eigenvalue weighted by molar-refractivity contribution is 7.09. The van der Waals surface area contributed by atoms with Gasteiger partial charge in [0.25, 0.3) is 0 Å². The van der Waals surface area contributed by atoms with Gasteiger partial charge in [-0.3, -0.25) is 0 Å². The minimum absolute atomic E-state index is 0.631. The Hall–Kier alpha value is -1.68. The number of fused-ring (bicyclic) bond motifs is 1. The molecule has 0 spiro atoms. The smallest absolute Gasteiger partial charge is 0.247 e. The molecule has 0 saturated carbocycles. The number of hydrogen-bond donors (Lipinski definition) is 0. The van der Waals surface area contributed by atoms with E-state index in [0.717, 1.165) is 23.4 Å². The third-order valence-electron chi connectivity index (χ3n) is 2.45. The Morgan fingerprint density at radius 2 is 2.31 bits per heavy atom. The van der Waals surface area contributed by atoms with Gasteiger partial charge in [-0.25, -0.2) is 9.97 Å². The third-order valence-corrected chi connectivity index (χ3v) is 3.33.